The monoisotopic (exact) mass is 314 g/mol. The molecule has 0 fully saturated rings. The van der Waals surface area contributed by atoms with E-state index in [-0.39, 0.29) is 0 Å². The maximum absolute atomic E-state index is 5.86. The number of halogens is 1. The van der Waals surface area contributed by atoms with Gasteiger partial charge in [-0.25, -0.2) is 0 Å². The number of rotatable bonds is 8. The van der Waals surface area contributed by atoms with Gasteiger partial charge in [-0.05, 0) is 49.8 Å². The highest BCUT2D eigenvalue weighted by Gasteiger charge is 2.05. The lowest BCUT2D eigenvalue weighted by Crippen LogP contribution is -2.28. The maximum atomic E-state index is 5.86. The molecule has 0 aliphatic heterocycles. The highest BCUT2D eigenvalue weighted by Crippen LogP contribution is 2.23. The Morgan fingerprint density at radius 2 is 2.00 bits per heavy atom. The highest BCUT2D eigenvalue weighted by atomic mass is 79.9. The van der Waals surface area contributed by atoms with E-state index in [9.17, 15) is 0 Å². The van der Waals surface area contributed by atoms with Crippen molar-refractivity contribution < 1.29 is 4.74 Å². The summed E-state index contributed by atoms with van der Waals surface area (Å²) in [5.41, 5.74) is 6.79. The third kappa shape index (κ3) is 4.96. The quantitative estimate of drug-likeness (QED) is 0.801. The van der Waals surface area contributed by atoms with Crippen molar-refractivity contribution in [1.29, 1.82) is 0 Å². The molecule has 0 unspecified atom stereocenters. The smallest absolute Gasteiger partial charge is 0.122 e. The first-order valence-corrected chi connectivity index (χ1v) is 7.34. The summed E-state index contributed by atoms with van der Waals surface area (Å²) < 4.78 is 6.93. The first kappa shape index (κ1) is 15.5. The molecule has 0 aliphatic rings. The van der Waals surface area contributed by atoms with Gasteiger partial charge in [0.1, 0.15) is 12.4 Å². The molecule has 4 heteroatoms. The minimum atomic E-state index is 0.642. The van der Waals surface area contributed by atoms with E-state index in [0.29, 0.717) is 6.54 Å². The standard InChI is InChI=1S/C14H23BrN2O/c1-3-17(4-2)9-10-18-14-6-5-13(15)11-12(14)7-8-16/h5-6,11H,3-4,7-10,16H2,1-2H3. The van der Waals surface area contributed by atoms with Crippen LogP contribution in [0.3, 0.4) is 0 Å². The van der Waals surface area contributed by atoms with Crippen LogP contribution >= 0.6 is 15.9 Å². The molecule has 0 spiro atoms. The van der Waals surface area contributed by atoms with Crippen molar-refractivity contribution in [2.24, 2.45) is 5.73 Å². The van der Waals surface area contributed by atoms with E-state index >= 15 is 0 Å². The highest BCUT2D eigenvalue weighted by molar-refractivity contribution is 9.10. The number of likely N-dealkylation sites (N-methyl/N-ethyl adjacent to an activating group) is 1. The third-order valence-electron chi connectivity index (χ3n) is 3.00. The first-order chi connectivity index (χ1) is 8.71. The summed E-state index contributed by atoms with van der Waals surface area (Å²) >= 11 is 3.48. The molecule has 0 saturated carbocycles. The van der Waals surface area contributed by atoms with Crippen molar-refractivity contribution in [3.63, 3.8) is 0 Å². The molecule has 102 valence electrons. The van der Waals surface area contributed by atoms with Gasteiger partial charge in [-0.3, -0.25) is 0 Å². The maximum Gasteiger partial charge on any atom is 0.122 e. The van der Waals surface area contributed by atoms with Gasteiger partial charge >= 0.3 is 0 Å². The van der Waals surface area contributed by atoms with Crippen LogP contribution in [0.15, 0.2) is 22.7 Å². The first-order valence-electron chi connectivity index (χ1n) is 6.54. The fourth-order valence-electron chi connectivity index (χ4n) is 1.86. The van der Waals surface area contributed by atoms with E-state index in [2.05, 4.69) is 40.7 Å². The largest absolute Gasteiger partial charge is 0.492 e. The van der Waals surface area contributed by atoms with Crippen LogP contribution in [0.4, 0.5) is 0 Å². The molecule has 0 radical (unpaired) electrons. The van der Waals surface area contributed by atoms with Crippen LogP contribution in [0.25, 0.3) is 0 Å². The van der Waals surface area contributed by atoms with E-state index in [0.717, 1.165) is 42.9 Å². The summed E-state index contributed by atoms with van der Waals surface area (Å²) in [6, 6.07) is 6.10. The fourth-order valence-corrected chi connectivity index (χ4v) is 2.27. The average Bonchev–Trinajstić information content (AvgIpc) is 2.37. The number of hydrogen-bond acceptors (Lipinski definition) is 3. The molecular weight excluding hydrogens is 292 g/mol. The fraction of sp³-hybridized carbons (Fsp3) is 0.571. The molecule has 3 nitrogen and oxygen atoms in total. The molecule has 1 aromatic carbocycles. The van der Waals surface area contributed by atoms with Crippen LogP contribution < -0.4 is 10.5 Å². The molecule has 0 amide bonds. The van der Waals surface area contributed by atoms with Crippen molar-refractivity contribution in [1.82, 2.24) is 4.90 Å². The van der Waals surface area contributed by atoms with E-state index in [4.69, 9.17) is 10.5 Å². The van der Waals surface area contributed by atoms with Gasteiger partial charge in [0.25, 0.3) is 0 Å². The minimum Gasteiger partial charge on any atom is -0.492 e. The lowest BCUT2D eigenvalue weighted by molar-refractivity contribution is 0.221. The predicted octanol–water partition coefficient (Wildman–Crippen LogP) is 2.67. The van der Waals surface area contributed by atoms with Gasteiger partial charge in [-0.15, -0.1) is 0 Å². The summed E-state index contributed by atoms with van der Waals surface area (Å²) in [7, 11) is 0. The van der Waals surface area contributed by atoms with Gasteiger partial charge in [0.2, 0.25) is 0 Å². The molecule has 1 rings (SSSR count). The summed E-state index contributed by atoms with van der Waals surface area (Å²) in [5.74, 6) is 0.954. The van der Waals surface area contributed by atoms with E-state index in [1.165, 1.54) is 5.56 Å². The van der Waals surface area contributed by atoms with Gasteiger partial charge in [-0.2, -0.15) is 0 Å². The van der Waals surface area contributed by atoms with Crippen molar-refractivity contribution in [3.8, 4) is 5.75 Å². The molecule has 0 saturated heterocycles. The average molecular weight is 315 g/mol. The molecule has 0 aliphatic carbocycles. The zero-order valence-corrected chi connectivity index (χ0v) is 12.9. The summed E-state index contributed by atoms with van der Waals surface area (Å²) in [4.78, 5) is 2.35. The number of nitrogens with zero attached hydrogens (tertiary/aromatic N) is 1. The Morgan fingerprint density at radius 3 is 2.61 bits per heavy atom. The Labute approximate surface area is 118 Å². The molecule has 0 bridgehead atoms. The van der Waals surface area contributed by atoms with E-state index in [1.54, 1.807) is 0 Å². The second kappa shape index (κ2) is 8.51. The Hall–Kier alpha value is -0.580. The lowest BCUT2D eigenvalue weighted by Gasteiger charge is -2.19. The molecule has 0 atom stereocenters. The van der Waals surface area contributed by atoms with Gasteiger partial charge < -0.3 is 15.4 Å². The van der Waals surface area contributed by atoms with Gasteiger partial charge in [0, 0.05) is 11.0 Å². The molecule has 0 aromatic heterocycles. The zero-order valence-electron chi connectivity index (χ0n) is 11.3. The van der Waals surface area contributed by atoms with Crippen molar-refractivity contribution >= 4 is 15.9 Å². The van der Waals surface area contributed by atoms with E-state index < -0.39 is 0 Å². The topological polar surface area (TPSA) is 38.5 Å². The Kier molecular flexibility index (Phi) is 7.32. The van der Waals surface area contributed by atoms with Crippen LogP contribution in [-0.2, 0) is 6.42 Å². The number of benzene rings is 1. The molecule has 1 aromatic rings. The van der Waals surface area contributed by atoms with Crippen LogP contribution in [0, 0.1) is 0 Å². The van der Waals surface area contributed by atoms with Gasteiger partial charge in [0.15, 0.2) is 0 Å². The third-order valence-corrected chi connectivity index (χ3v) is 3.49. The van der Waals surface area contributed by atoms with Crippen LogP contribution in [-0.4, -0.2) is 37.7 Å². The summed E-state index contributed by atoms with van der Waals surface area (Å²) in [6.45, 7) is 8.80. The number of nitrogens with two attached hydrogens (primary N) is 1. The Balaban J connectivity index is 2.55. The lowest BCUT2D eigenvalue weighted by atomic mass is 10.1. The second-order valence-electron chi connectivity index (χ2n) is 4.17. The SMILES string of the molecule is CCN(CC)CCOc1ccc(Br)cc1CCN. The number of hydrogen-bond donors (Lipinski definition) is 1. The Morgan fingerprint density at radius 1 is 1.28 bits per heavy atom. The normalized spacial score (nSPS) is 10.9. The number of ether oxygens (including phenoxy) is 1. The second-order valence-corrected chi connectivity index (χ2v) is 5.08. The molecular formula is C14H23BrN2O. The van der Waals surface area contributed by atoms with Gasteiger partial charge in [0.05, 0.1) is 0 Å². The van der Waals surface area contributed by atoms with Gasteiger partial charge in [-0.1, -0.05) is 29.8 Å². The molecule has 18 heavy (non-hydrogen) atoms. The van der Waals surface area contributed by atoms with E-state index in [1.807, 2.05) is 12.1 Å². The van der Waals surface area contributed by atoms with Crippen molar-refractivity contribution in [2.45, 2.75) is 20.3 Å². The minimum absolute atomic E-state index is 0.642. The summed E-state index contributed by atoms with van der Waals surface area (Å²) in [6.07, 6.45) is 0.847. The van der Waals surface area contributed by atoms with Crippen molar-refractivity contribution in [2.75, 3.05) is 32.8 Å². The van der Waals surface area contributed by atoms with Crippen LogP contribution in [0.2, 0.25) is 0 Å². The van der Waals surface area contributed by atoms with Crippen LogP contribution in [0.1, 0.15) is 19.4 Å². The van der Waals surface area contributed by atoms with Crippen molar-refractivity contribution in [3.05, 3.63) is 28.2 Å². The molecule has 0 heterocycles. The van der Waals surface area contributed by atoms with Crippen LogP contribution in [0.5, 0.6) is 5.75 Å². The predicted molar refractivity (Wildman–Crippen MR) is 80.2 cm³/mol. The molecule has 2 N–H and O–H groups in total. The Bertz CT molecular complexity index is 354. The summed E-state index contributed by atoms with van der Waals surface area (Å²) in [5, 5.41) is 0. The zero-order chi connectivity index (χ0) is 13.4.